The van der Waals surface area contributed by atoms with Crippen molar-refractivity contribution in [2.45, 2.75) is 12.5 Å². The van der Waals surface area contributed by atoms with Crippen LogP contribution >= 0.6 is 0 Å². The minimum absolute atomic E-state index is 0.0865. The van der Waals surface area contributed by atoms with Crippen molar-refractivity contribution in [2.75, 3.05) is 0 Å². The van der Waals surface area contributed by atoms with Gasteiger partial charge in [0, 0.05) is 34.9 Å². The molecular weight excluding hydrogens is 390 g/mol. The van der Waals surface area contributed by atoms with Gasteiger partial charge in [0.1, 0.15) is 17.2 Å². The van der Waals surface area contributed by atoms with Crippen LogP contribution < -0.4 is 0 Å². The molecule has 0 bridgehead atoms. The first-order chi connectivity index (χ1) is 15.2. The Labute approximate surface area is 178 Å². The molecule has 3 aromatic heterocycles. The lowest BCUT2D eigenvalue weighted by molar-refractivity contribution is 0.450. The van der Waals surface area contributed by atoms with E-state index in [4.69, 9.17) is 0 Å². The standard InChI is InChI=1S/C24H21N5O2/c30-19-9-10-23(31)18(13-19)14-29-15-22(27-28-29)16-5-7-17(8-6-16)24(20-3-1-11-25-20)21-4-2-12-26-21/h1-13,15,24-26,30-31H,14H2. The SMILES string of the molecule is Oc1ccc(O)c(Cn2cc(-c3ccc(C(c4ccc[nH]4)c4ccc[nH]4)cc3)nn2)c1. The highest BCUT2D eigenvalue weighted by molar-refractivity contribution is 5.59. The monoisotopic (exact) mass is 411 g/mol. The average molecular weight is 411 g/mol. The van der Waals surface area contributed by atoms with Crippen LogP contribution in [0.4, 0.5) is 0 Å². The van der Waals surface area contributed by atoms with Crippen LogP contribution in [-0.4, -0.2) is 35.2 Å². The number of H-pyrrole nitrogens is 2. The molecule has 5 rings (SSSR count). The number of hydrogen-bond donors (Lipinski definition) is 4. The third kappa shape index (κ3) is 3.81. The van der Waals surface area contributed by atoms with E-state index in [9.17, 15) is 10.2 Å². The first kappa shape index (κ1) is 18.7. The van der Waals surface area contributed by atoms with Crippen molar-refractivity contribution in [3.05, 3.63) is 108 Å². The summed E-state index contributed by atoms with van der Waals surface area (Å²) < 4.78 is 1.64. The van der Waals surface area contributed by atoms with Crippen molar-refractivity contribution < 1.29 is 10.2 Å². The number of rotatable bonds is 6. The minimum atomic E-state index is 0.0865. The van der Waals surface area contributed by atoms with Crippen LogP contribution in [-0.2, 0) is 6.54 Å². The predicted molar refractivity (Wildman–Crippen MR) is 117 cm³/mol. The molecule has 0 atom stereocenters. The lowest BCUT2D eigenvalue weighted by atomic mass is 9.92. The topological polar surface area (TPSA) is 103 Å². The van der Waals surface area contributed by atoms with E-state index in [2.05, 4.69) is 44.5 Å². The van der Waals surface area contributed by atoms with Crippen LogP contribution in [0.5, 0.6) is 11.5 Å². The number of aromatic hydroxyl groups is 2. The Morgan fingerprint density at radius 3 is 2.23 bits per heavy atom. The summed E-state index contributed by atoms with van der Waals surface area (Å²) in [5.41, 5.74) is 5.66. The Kier molecular flexibility index (Phi) is 4.76. The van der Waals surface area contributed by atoms with Gasteiger partial charge in [0.15, 0.2) is 0 Å². The van der Waals surface area contributed by atoms with Crippen molar-refractivity contribution in [2.24, 2.45) is 0 Å². The zero-order valence-electron chi connectivity index (χ0n) is 16.6. The second-order valence-corrected chi connectivity index (χ2v) is 7.42. The summed E-state index contributed by atoms with van der Waals surface area (Å²) in [5.74, 6) is 0.296. The van der Waals surface area contributed by atoms with Crippen LogP contribution in [0.15, 0.2) is 85.3 Å². The summed E-state index contributed by atoms with van der Waals surface area (Å²) in [6.45, 7) is 0.313. The molecule has 7 heteroatoms. The van der Waals surface area contributed by atoms with E-state index in [1.165, 1.54) is 18.2 Å². The molecule has 0 spiro atoms. The number of phenols is 2. The highest BCUT2D eigenvalue weighted by atomic mass is 16.3. The molecule has 4 N–H and O–H groups in total. The van der Waals surface area contributed by atoms with Crippen molar-refractivity contribution >= 4 is 0 Å². The lowest BCUT2D eigenvalue weighted by Gasteiger charge is -2.15. The van der Waals surface area contributed by atoms with E-state index < -0.39 is 0 Å². The minimum Gasteiger partial charge on any atom is -0.508 e. The molecule has 0 saturated carbocycles. The number of nitrogens with one attached hydrogen (secondary N) is 2. The van der Waals surface area contributed by atoms with Crippen LogP contribution in [0.2, 0.25) is 0 Å². The van der Waals surface area contributed by atoms with E-state index >= 15 is 0 Å². The normalized spacial score (nSPS) is 11.3. The largest absolute Gasteiger partial charge is 0.508 e. The van der Waals surface area contributed by atoms with Crippen LogP contribution in [0, 0.1) is 0 Å². The number of benzene rings is 2. The third-order valence-electron chi connectivity index (χ3n) is 5.34. The first-order valence-corrected chi connectivity index (χ1v) is 9.95. The van der Waals surface area contributed by atoms with Gasteiger partial charge in [0.2, 0.25) is 0 Å². The Morgan fingerprint density at radius 2 is 1.58 bits per heavy atom. The fourth-order valence-corrected chi connectivity index (χ4v) is 3.80. The molecule has 0 aliphatic rings. The summed E-state index contributed by atoms with van der Waals surface area (Å²) >= 11 is 0. The molecule has 2 aromatic carbocycles. The van der Waals surface area contributed by atoms with Crippen LogP contribution in [0.1, 0.15) is 28.4 Å². The highest BCUT2D eigenvalue weighted by Gasteiger charge is 2.18. The number of hydrogen-bond acceptors (Lipinski definition) is 4. The molecular formula is C24H21N5O2. The summed E-state index contributed by atoms with van der Waals surface area (Å²) in [6.07, 6.45) is 5.69. The summed E-state index contributed by atoms with van der Waals surface area (Å²) in [7, 11) is 0. The Bertz CT molecular complexity index is 1240. The number of aromatic amines is 2. The van der Waals surface area contributed by atoms with Crippen molar-refractivity contribution in [3.8, 4) is 22.8 Å². The van der Waals surface area contributed by atoms with E-state index in [1.807, 2.05) is 42.9 Å². The van der Waals surface area contributed by atoms with E-state index in [-0.39, 0.29) is 17.4 Å². The average Bonchev–Trinajstić information content (AvgIpc) is 3.55. The van der Waals surface area contributed by atoms with Gasteiger partial charge in [-0.05, 0) is 48.0 Å². The zero-order chi connectivity index (χ0) is 21.2. The predicted octanol–water partition coefficient (Wildman–Crippen LogP) is 4.24. The number of nitrogens with zero attached hydrogens (tertiary/aromatic N) is 3. The van der Waals surface area contributed by atoms with E-state index in [1.54, 1.807) is 4.68 Å². The summed E-state index contributed by atoms with van der Waals surface area (Å²) in [4.78, 5) is 6.64. The molecule has 0 saturated heterocycles. The smallest absolute Gasteiger partial charge is 0.120 e. The van der Waals surface area contributed by atoms with Gasteiger partial charge in [0.05, 0.1) is 18.7 Å². The second-order valence-electron chi connectivity index (χ2n) is 7.42. The Morgan fingerprint density at radius 1 is 0.871 bits per heavy atom. The molecule has 154 valence electrons. The van der Waals surface area contributed by atoms with Gasteiger partial charge in [-0.15, -0.1) is 5.10 Å². The molecule has 0 aliphatic carbocycles. The zero-order valence-corrected chi connectivity index (χ0v) is 16.6. The van der Waals surface area contributed by atoms with Crippen molar-refractivity contribution in [1.29, 1.82) is 0 Å². The molecule has 7 nitrogen and oxygen atoms in total. The quantitative estimate of drug-likeness (QED) is 0.314. The molecule has 0 amide bonds. The second kappa shape index (κ2) is 7.87. The van der Waals surface area contributed by atoms with E-state index in [0.29, 0.717) is 12.1 Å². The van der Waals surface area contributed by atoms with E-state index in [0.717, 1.165) is 28.2 Å². The summed E-state index contributed by atoms with van der Waals surface area (Å²) in [5, 5.41) is 28.1. The maximum Gasteiger partial charge on any atom is 0.120 e. The first-order valence-electron chi connectivity index (χ1n) is 9.95. The highest BCUT2D eigenvalue weighted by Crippen LogP contribution is 2.31. The molecule has 0 unspecified atom stereocenters. The Balaban J connectivity index is 1.40. The Hall–Kier alpha value is -4.26. The fourth-order valence-electron chi connectivity index (χ4n) is 3.80. The molecule has 0 radical (unpaired) electrons. The molecule has 0 fully saturated rings. The van der Waals surface area contributed by atoms with Gasteiger partial charge in [-0.2, -0.15) is 0 Å². The van der Waals surface area contributed by atoms with Gasteiger partial charge in [-0.3, -0.25) is 0 Å². The van der Waals surface area contributed by atoms with Crippen molar-refractivity contribution in [3.63, 3.8) is 0 Å². The molecule has 31 heavy (non-hydrogen) atoms. The number of aromatic nitrogens is 5. The molecule has 3 heterocycles. The van der Waals surface area contributed by atoms with Gasteiger partial charge in [-0.25, -0.2) is 4.68 Å². The molecule has 0 aliphatic heterocycles. The maximum atomic E-state index is 9.98. The van der Waals surface area contributed by atoms with Gasteiger partial charge in [-0.1, -0.05) is 29.5 Å². The third-order valence-corrected chi connectivity index (χ3v) is 5.34. The fraction of sp³-hybridized carbons (Fsp3) is 0.0833. The van der Waals surface area contributed by atoms with Crippen LogP contribution in [0.25, 0.3) is 11.3 Å². The maximum absolute atomic E-state index is 9.98. The summed E-state index contributed by atoms with van der Waals surface area (Å²) in [6, 6.07) is 20.9. The molecule has 5 aromatic rings. The lowest BCUT2D eigenvalue weighted by Crippen LogP contribution is -2.04. The van der Waals surface area contributed by atoms with Gasteiger partial charge >= 0.3 is 0 Å². The van der Waals surface area contributed by atoms with Gasteiger partial charge < -0.3 is 20.2 Å². The number of phenolic OH excluding ortho intramolecular Hbond substituents is 2. The van der Waals surface area contributed by atoms with Gasteiger partial charge in [0.25, 0.3) is 0 Å². The van der Waals surface area contributed by atoms with Crippen LogP contribution in [0.3, 0.4) is 0 Å². The van der Waals surface area contributed by atoms with Crippen molar-refractivity contribution in [1.82, 2.24) is 25.0 Å².